The van der Waals surface area contributed by atoms with Gasteiger partial charge in [-0.3, -0.25) is 9.59 Å². The summed E-state index contributed by atoms with van der Waals surface area (Å²) in [4.78, 5) is 40.2. The van der Waals surface area contributed by atoms with E-state index in [1.807, 2.05) is 6.07 Å². The molecule has 0 unspecified atom stereocenters. The molecule has 8 heteroatoms. The van der Waals surface area contributed by atoms with Crippen LogP contribution in [0.15, 0.2) is 23.3 Å². The van der Waals surface area contributed by atoms with E-state index in [2.05, 4.69) is 10.1 Å². The Kier molecular flexibility index (Phi) is 4.03. The highest BCUT2D eigenvalue weighted by atomic mass is 32.1. The van der Waals surface area contributed by atoms with E-state index in [9.17, 15) is 14.4 Å². The van der Waals surface area contributed by atoms with Crippen LogP contribution in [0.4, 0.5) is 4.79 Å². The highest BCUT2D eigenvalue weighted by Crippen LogP contribution is 2.35. The largest absolute Gasteiger partial charge is 0.442 e. The maximum Gasteiger partial charge on any atom is 0.435 e. The van der Waals surface area contributed by atoms with Crippen molar-refractivity contribution in [2.75, 3.05) is 0 Å². The number of nitrogens with zero attached hydrogens (tertiary/aromatic N) is 2. The number of carbonyl (C=O) groups excluding carboxylic acids is 2. The molecule has 3 aromatic heterocycles. The molecule has 1 N–H and O–H groups in total. The lowest BCUT2D eigenvalue weighted by atomic mass is 9.92. The Morgan fingerprint density at radius 3 is 2.81 bits per heavy atom. The minimum atomic E-state index is -0.611. The predicted molar refractivity (Wildman–Crippen MR) is 103 cm³/mol. The molecule has 0 radical (unpaired) electrons. The Bertz CT molecular complexity index is 1130. The summed E-state index contributed by atoms with van der Waals surface area (Å²) in [5, 5.41) is 4.89. The van der Waals surface area contributed by atoms with Crippen LogP contribution < -0.4 is 5.56 Å². The number of hydrogen-bond acceptors (Lipinski definition) is 6. The average Bonchev–Trinajstić information content (AvgIpc) is 3.21. The van der Waals surface area contributed by atoms with Gasteiger partial charge in [0, 0.05) is 28.4 Å². The zero-order valence-corrected chi connectivity index (χ0v) is 16.1. The van der Waals surface area contributed by atoms with Crippen molar-refractivity contribution in [2.24, 2.45) is 0 Å². The number of pyridine rings is 1. The number of thiophene rings is 1. The molecule has 0 saturated heterocycles. The molecule has 7 nitrogen and oxygen atoms in total. The topological polar surface area (TPSA) is 94.0 Å². The van der Waals surface area contributed by atoms with E-state index in [-0.39, 0.29) is 11.3 Å². The first-order valence-electron chi connectivity index (χ1n) is 8.73. The Balaban J connectivity index is 1.76. The van der Waals surface area contributed by atoms with Crippen LogP contribution in [0.5, 0.6) is 0 Å². The maximum atomic E-state index is 12.4. The van der Waals surface area contributed by atoms with E-state index in [1.165, 1.54) is 11.3 Å². The lowest BCUT2D eigenvalue weighted by Crippen LogP contribution is -2.27. The molecule has 0 fully saturated rings. The summed E-state index contributed by atoms with van der Waals surface area (Å²) in [6.45, 7) is 5.37. The Labute approximate surface area is 159 Å². The van der Waals surface area contributed by atoms with Gasteiger partial charge >= 0.3 is 6.09 Å². The molecule has 3 aromatic rings. The zero-order valence-electron chi connectivity index (χ0n) is 15.3. The second-order valence-electron chi connectivity index (χ2n) is 7.59. The molecule has 0 bridgehead atoms. The summed E-state index contributed by atoms with van der Waals surface area (Å²) >= 11 is 1.33. The Hall–Kier alpha value is -2.74. The molecule has 0 aliphatic heterocycles. The molecule has 1 aliphatic carbocycles. The van der Waals surface area contributed by atoms with Crippen LogP contribution in [-0.2, 0) is 11.2 Å². The smallest absolute Gasteiger partial charge is 0.435 e. The highest BCUT2D eigenvalue weighted by molar-refractivity contribution is 7.22. The molecule has 27 heavy (non-hydrogen) atoms. The van der Waals surface area contributed by atoms with Gasteiger partial charge in [-0.15, -0.1) is 11.3 Å². The monoisotopic (exact) mass is 385 g/mol. The number of aryl methyl sites for hydroxylation is 1. The molecule has 140 valence electrons. The number of fused-ring (bicyclic) bond motifs is 3. The van der Waals surface area contributed by atoms with Gasteiger partial charge in [-0.05, 0) is 45.2 Å². The van der Waals surface area contributed by atoms with Gasteiger partial charge in [0.15, 0.2) is 5.78 Å². The average molecular weight is 385 g/mol. The SMILES string of the molecule is CC(C)(C)OC(=O)n1cc(-c2cc3c4c([nH]c(=O)c3s2)C(=O)CCC4)cn1. The van der Waals surface area contributed by atoms with Crippen molar-refractivity contribution in [1.82, 2.24) is 14.8 Å². The molecule has 0 spiro atoms. The molecule has 4 rings (SSSR count). The van der Waals surface area contributed by atoms with Gasteiger partial charge in [0.05, 0.1) is 11.9 Å². The minimum Gasteiger partial charge on any atom is -0.442 e. The zero-order chi connectivity index (χ0) is 19.3. The van der Waals surface area contributed by atoms with Gasteiger partial charge in [-0.1, -0.05) is 0 Å². The van der Waals surface area contributed by atoms with Crippen LogP contribution in [0.25, 0.3) is 20.5 Å². The number of nitrogens with one attached hydrogen (secondary N) is 1. The molecular weight excluding hydrogens is 366 g/mol. The number of aromatic nitrogens is 3. The van der Waals surface area contributed by atoms with Crippen molar-refractivity contribution in [2.45, 2.75) is 45.6 Å². The molecule has 1 aliphatic rings. The van der Waals surface area contributed by atoms with E-state index in [0.29, 0.717) is 16.8 Å². The third kappa shape index (κ3) is 3.21. The maximum absolute atomic E-state index is 12.4. The van der Waals surface area contributed by atoms with Gasteiger partial charge < -0.3 is 9.72 Å². The second kappa shape index (κ2) is 6.16. The first-order chi connectivity index (χ1) is 12.7. The number of carbonyl (C=O) groups is 2. The molecular formula is C19H19N3O4S. The standard InChI is InChI=1S/C19H19N3O4S/c1-19(2,3)26-18(25)22-9-10(8-20-22)14-7-12-11-5-4-6-13(23)15(11)21-17(24)16(12)27-14/h7-9H,4-6H2,1-3H3,(H,21,24). The van der Waals surface area contributed by atoms with Crippen molar-refractivity contribution in [3.63, 3.8) is 0 Å². The summed E-state index contributed by atoms with van der Waals surface area (Å²) in [5.74, 6) is -0.0132. The fourth-order valence-corrected chi connectivity index (χ4v) is 4.27. The molecule has 0 saturated carbocycles. The number of aromatic amines is 1. The predicted octanol–water partition coefficient (Wildman–Crippen LogP) is 3.76. The normalized spacial score (nSPS) is 14.4. The third-order valence-corrected chi connectivity index (χ3v) is 5.54. The van der Waals surface area contributed by atoms with Gasteiger partial charge in [-0.2, -0.15) is 9.78 Å². The van der Waals surface area contributed by atoms with Crippen LogP contribution in [-0.4, -0.2) is 32.2 Å². The number of hydrogen-bond donors (Lipinski definition) is 1. The van der Waals surface area contributed by atoms with Crippen LogP contribution in [0.2, 0.25) is 0 Å². The van der Waals surface area contributed by atoms with Crippen molar-refractivity contribution in [3.8, 4) is 10.4 Å². The molecule has 0 aromatic carbocycles. The fourth-order valence-electron chi connectivity index (χ4n) is 3.21. The van der Waals surface area contributed by atoms with Gasteiger partial charge in [0.2, 0.25) is 0 Å². The summed E-state index contributed by atoms with van der Waals surface area (Å²) in [5.41, 5.74) is 1.20. The van der Waals surface area contributed by atoms with E-state index < -0.39 is 11.7 Å². The number of rotatable bonds is 1. The van der Waals surface area contributed by atoms with Crippen LogP contribution in [0.3, 0.4) is 0 Å². The number of ketones is 1. The van der Waals surface area contributed by atoms with E-state index in [1.54, 1.807) is 33.2 Å². The third-order valence-electron chi connectivity index (χ3n) is 4.36. The fraction of sp³-hybridized carbons (Fsp3) is 0.368. The van der Waals surface area contributed by atoms with Crippen molar-refractivity contribution >= 4 is 33.3 Å². The first-order valence-corrected chi connectivity index (χ1v) is 9.55. The quantitative estimate of drug-likeness (QED) is 0.688. The van der Waals surface area contributed by atoms with Crippen molar-refractivity contribution in [3.05, 3.63) is 40.1 Å². The minimum absolute atomic E-state index is 0.0132. The van der Waals surface area contributed by atoms with Crippen LogP contribution in [0.1, 0.15) is 49.7 Å². The highest BCUT2D eigenvalue weighted by Gasteiger charge is 2.24. The second-order valence-corrected chi connectivity index (χ2v) is 8.64. The van der Waals surface area contributed by atoms with E-state index in [0.717, 1.165) is 38.9 Å². The number of Topliss-reactive ketones (excluding diaryl/α,β-unsaturated/α-hetero) is 1. The van der Waals surface area contributed by atoms with Gasteiger partial charge in [-0.25, -0.2) is 4.79 Å². The van der Waals surface area contributed by atoms with Crippen molar-refractivity contribution < 1.29 is 14.3 Å². The Morgan fingerprint density at radius 2 is 2.07 bits per heavy atom. The number of H-pyrrole nitrogens is 1. The first kappa shape index (κ1) is 17.7. The summed E-state index contributed by atoms with van der Waals surface area (Å²) in [6.07, 6.45) is 4.62. The summed E-state index contributed by atoms with van der Waals surface area (Å²) in [6, 6.07) is 1.91. The van der Waals surface area contributed by atoms with Gasteiger partial charge in [0.1, 0.15) is 10.3 Å². The summed E-state index contributed by atoms with van der Waals surface area (Å²) < 4.78 is 7.04. The lowest BCUT2D eigenvalue weighted by molar-refractivity contribution is 0.0514. The van der Waals surface area contributed by atoms with E-state index >= 15 is 0 Å². The van der Waals surface area contributed by atoms with Crippen LogP contribution >= 0.6 is 11.3 Å². The molecule has 3 heterocycles. The number of ether oxygens (including phenoxy) is 1. The summed E-state index contributed by atoms with van der Waals surface area (Å²) in [7, 11) is 0. The Morgan fingerprint density at radius 1 is 1.30 bits per heavy atom. The lowest BCUT2D eigenvalue weighted by Gasteiger charge is -2.18. The van der Waals surface area contributed by atoms with Gasteiger partial charge in [0.25, 0.3) is 5.56 Å². The molecule has 0 amide bonds. The van der Waals surface area contributed by atoms with Crippen LogP contribution in [0, 0.1) is 0 Å². The van der Waals surface area contributed by atoms with Crippen molar-refractivity contribution in [1.29, 1.82) is 0 Å². The molecule has 0 atom stereocenters. The van der Waals surface area contributed by atoms with E-state index in [4.69, 9.17) is 4.74 Å².